The third kappa shape index (κ3) is 0.916. The Morgan fingerprint density at radius 3 is 2.67 bits per heavy atom. The molecule has 1 aliphatic rings. The molecule has 1 heterocycles. The van der Waals surface area contributed by atoms with Gasteiger partial charge in [0.1, 0.15) is 5.75 Å². The fourth-order valence-corrected chi connectivity index (χ4v) is 1.82. The fraction of sp³-hybridized carbons (Fsp3) is 0.400. The van der Waals surface area contributed by atoms with Crippen molar-refractivity contribution >= 4 is 0 Å². The Morgan fingerprint density at radius 1 is 1.25 bits per heavy atom. The third-order valence-electron chi connectivity index (χ3n) is 2.37. The molecule has 0 bridgehead atoms. The molecule has 0 fully saturated rings. The van der Waals surface area contributed by atoms with Crippen LogP contribution in [0.15, 0.2) is 18.2 Å². The number of benzene rings is 1. The van der Waals surface area contributed by atoms with Gasteiger partial charge in [-0.1, -0.05) is 12.1 Å². The van der Waals surface area contributed by atoms with E-state index in [4.69, 9.17) is 4.74 Å². The minimum absolute atomic E-state index is 0.0243. The monoisotopic (exact) mass is 164 g/mol. The van der Waals surface area contributed by atoms with E-state index >= 15 is 0 Å². The standard InChI is InChI=1S/C10H12O2/c1-6-8-4-3-5-9(11)10(8)7(2)12-6/h3-7,11H,1-2H3. The highest BCUT2D eigenvalue weighted by atomic mass is 16.5. The summed E-state index contributed by atoms with van der Waals surface area (Å²) in [4.78, 5) is 0. The van der Waals surface area contributed by atoms with Gasteiger partial charge in [-0.3, -0.25) is 0 Å². The number of fused-ring (bicyclic) bond motifs is 1. The van der Waals surface area contributed by atoms with Gasteiger partial charge in [0.15, 0.2) is 0 Å². The van der Waals surface area contributed by atoms with Gasteiger partial charge in [-0.25, -0.2) is 0 Å². The first kappa shape index (κ1) is 7.62. The Morgan fingerprint density at radius 2 is 2.00 bits per heavy atom. The first-order chi connectivity index (χ1) is 5.70. The van der Waals surface area contributed by atoms with E-state index in [1.54, 1.807) is 6.07 Å². The second-order valence-corrected chi connectivity index (χ2v) is 3.20. The SMILES string of the molecule is CC1OC(C)c2c(O)cccc21. The lowest BCUT2D eigenvalue weighted by atomic mass is 10.0. The molecule has 64 valence electrons. The van der Waals surface area contributed by atoms with Gasteiger partial charge in [-0.05, 0) is 25.5 Å². The largest absolute Gasteiger partial charge is 0.508 e. The number of phenols is 1. The van der Waals surface area contributed by atoms with Crippen LogP contribution < -0.4 is 0 Å². The Hall–Kier alpha value is -1.02. The van der Waals surface area contributed by atoms with Crippen molar-refractivity contribution < 1.29 is 9.84 Å². The van der Waals surface area contributed by atoms with Gasteiger partial charge in [0.05, 0.1) is 12.2 Å². The summed E-state index contributed by atoms with van der Waals surface area (Å²) in [6.07, 6.45) is 0.137. The smallest absolute Gasteiger partial charge is 0.121 e. The van der Waals surface area contributed by atoms with Gasteiger partial charge in [-0.15, -0.1) is 0 Å². The van der Waals surface area contributed by atoms with E-state index in [1.165, 1.54) is 0 Å². The molecule has 0 saturated heterocycles. The van der Waals surface area contributed by atoms with E-state index in [0.717, 1.165) is 11.1 Å². The quantitative estimate of drug-likeness (QED) is 0.638. The molecule has 12 heavy (non-hydrogen) atoms. The van der Waals surface area contributed by atoms with Crippen LogP contribution in [-0.2, 0) is 4.74 Å². The molecule has 0 saturated carbocycles. The molecule has 0 radical (unpaired) electrons. The normalized spacial score (nSPS) is 27.2. The van der Waals surface area contributed by atoms with Crippen molar-refractivity contribution in [1.82, 2.24) is 0 Å². The lowest BCUT2D eigenvalue weighted by Gasteiger charge is -2.04. The molecule has 1 aromatic carbocycles. The van der Waals surface area contributed by atoms with Crippen LogP contribution in [0.25, 0.3) is 0 Å². The molecule has 0 amide bonds. The summed E-state index contributed by atoms with van der Waals surface area (Å²) in [5.74, 6) is 0.351. The molecule has 0 aliphatic carbocycles. The Labute approximate surface area is 71.8 Å². The third-order valence-corrected chi connectivity index (χ3v) is 2.37. The molecular formula is C10H12O2. The predicted octanol–water partition coefficient (Wildman–Crippen LogP) is 2.54. The van der Waals surface area contributed by atoms with Crippen LogP contribution in [0.5, 0.6) is 5.75 Å². The van der Waals surface area contributed by atoms with Gasteiger partial charge < -0.3 is 9.84 Å². The number of ether oxygens (including phenoxy) is 1. The van der Waals surface area contributed by atoms with Crippen LogP contribution in [0.4, 0.5) is 0 Å². The highest BCUT2D eigenvalue weighted by Crippen LogP contribution is 2.42. The zero-order valence-electron chi connectivity index (χ0n) is 7.24. The average molecular weight is 164 g/mol. The van der Waals surface area contributed by atoms with Gasteiger partial charge in [-0.2, -0.15) is 0 Å². The first-order valence-corrected chi connectivity index (χ1v) is 4.17. The molecule has 1 aromatic rings. The average Bonchev–Trinajstić information content (AvgIpc) is 2.29. The number of hydrogen-bond acceptors (Lipinski definition) is 2. The molecular weight excluding hydrogens is 152 g/mol. The molecule has 2 nitrogen and oxygen atoms in total. The van der Waals surface area contributed by atoms with Crippen LogP contribution in [0.3, 0.4) is 0 Å². The minimum atomic E-state index is 0.0243. The van der Waals surface area contributed by atoms with Gasteiger partial charge in [0, 0.05) is 5.56 Å². The molecule has 2 heteroatoms. The van der Waals surface area contributed by atoms with Gasteiger partial charge in [0.25, 0.3) is 0 Å². The van der Waals surface area contributed by atoms with Crippen LogP contribution in [0.2, 0.25) is 0 Å². The number of rotatable bonds is 0. The Bertz CT molecular complexity index is 307. The van der Waals surface area contributed by atoms with E-state index in [1.807, 2.05) is 26.0 Å². The summed E-state index contributed by atoms with van der Waals surface area (Å²) in [5.41, 5.74) is 2.06. The van der Waals surface area contributed by atoms with E-state index in [2.05, 4.69) is 0 Å². The lowest BCUT2D eigenvalue weighted by Crippen LogP contribution is -1.89. The number of hydrogen-bond donors (Lipinski definition) is 1. The second kappa shape index (κ2) is 2.49. The van der Waals surface area contributed by atoms with Gasteiger partial charge in [0.2, 0.25) is 0 Å². The molecule has 0 aromatic heterocycles. The summed E-state index contributed by atoms with van der Waals surface area (Å²) in [5, 5.41) is 9.54. The molecule has 1 N–H and O–H groups in total. The highest BCUT2D eigenvalue weighted by molar-refractivity contribution is 5.44. The summed E-state index contributed by atoms with van der Waals surface area (Å²) >= 11 is 0. The highest BCUT2D eigenvalue weighted by Gasteiger charge is 2.27. The molecule has 2 unspecified atom stereocenters. The van der Waals surface area contributed by atoms with Crippen molar-refractivity contribution in [3.8, 4) is 5.75 Å². The maximum Gasteiger partial charge on any atom is 0.121 e. The summed E-state index contributed by atoms with van der Waals surface area (Å²) in [6.45, 7) is 3.96. The van der Waals surface area contributed by atoms with Crippen molar-refractivity contribution in [2.75, 3.05) is 0 Å². The van der Waals surface area contributed by atoms with Crippen molar-refractivity contribution in [2.24, 2.45) is 0 Å². The maximum atomic E-state index is 9.54. The van der Waals surface area contributed by atoms with E-state index in [-0.39, 0.29) is 12.2 Å². The number of aromatic hydroxyl groups is 1. The second-order valence-electron chi connectivity index (χ2n) is 3.20. The number of phenolic OH excluding ortho intramolecular Hbond substituents is 1. The maximum absolute atomic E-state index is 9.54. The topological polar surface area (TPSA) is 29.5 Å². The van der Waals surface area contributed by atoms with Crippen molar-refractivity contribution in [3.05, 3.63) is 29.3 Å². The van der Waals surface area contributed by atoms with Crippen molar-refractivity contribution in [1.29, 1.82) is 0 Å². The zero-order valence-corrected chi connectivity index (χ0v) is 7.24. The molecule has 2 atom stereocenters. The van der Waals surface area contributed by atoms with E-state index < -0.39 is 0 Å². The molecule has 2 rings (SSSR count). The summed E-state index contributed by atoms with van der Waals surface area (Å²) in [7, 11) is 0. The van der Waals surface area contributed by atoms with Crippen LogP contribution >= 0.6 is 0 Å². The lowest BCUT2D eigenvalue weighted by molar-refractivity contribution is 0.0326. The van der Waals surface area contributed by atoms with Crippen molar-refractivity contribution in [3.63, 3.8) is 0 Å². The fourth-order valence-electron chi connectivity index (χ4n) is 1.82. The minimum Gasteiger partial charge on any atom is -0.508 e. The van der Waals surface area contributed by atoms with Crippen LogP contribution in [0, 0.1) is 0 Å². The van der Waals surface area contributed by atoms with Crippen LogP contribution in [-0.4, -0.2) is 5.11 Å². The Kier molecular flexibility index (Phi) is 1.58. The summed E-state index contributed by atoms with van der Waals surface area (Å²) < 4.78 is 5.55. The first-order valence-electron chi connectivity index (χ1n) is 4.17. The van der Waals surface area contributed by atoms with Gasteiger partial charge >= 0.3 is 0 Å². The zero-order chi connectivity index (χ0) is 8.72. The van der Waals surface area contributed by atoms with Crippen LogP contribution in [0.1, 0.15) is 37.2 Å². The van der Waals surface area contributed by atoms with E-state index in [9.17, 15) is 5.11 Å². The summed E-state index contributed by atoms with van der Waals surface area (Å²) in [6, 6.07) is 5.56. The Balaban J connectivity index is 2.59. The molecule has 1 aliphatic heterocycles. The van der Waals surface area contributed by atoms with Crippen molar-refractivity contribution in [2.45, 2.75) is 26.1 Å². The molecule has 0 spiro atoms. The van der Waals surface area contributed by atoms with E-state index in [0.29, 0.717) is 5.75 Å². The predicted molar refractivity (Wildman–Crippen MR) is 46.0 cm³/mol.